The third-order valence-electron chi connectivity index (χ3n) is 4.02. The number of hydrogen-bond donors (Lipinski definition) is 1. The summed E-state index contributed by atoms with van der Waals surface area (Å²) < 4.78 is 1.70. The van der Waals surface area contributed by atoms with Gasteiger partial charge < -0.3 is 0 Å². The topological polar surface area (TPSA) is 69.0 Å². The molecule has 0 spiro atoms. The highest BCUT2D eigenvalue weighted by Crippen LogP contribution is 2.37. The van der Waals surface area contributed by atoms with Gasteiger partial charge in [-0.3, -0.25) is 14.3 Å². The van der Waals surface area contributed by atoms with Gasteiger partial charge in [-0.25, -0.2) is 10.5 Å². The van der Waals surface area contributed by atoms with Gasteiger partial charge in [-0.15, -0.1) is 0 Å². The number of nitrogens with zero attached hydrogens (tertiary/aromatic N) is 3. The largest absolute Gasteiger partial charge is 0.272 e. The van der Waals surface area contributed by atoms with Gasteiger partial charge in [0.2, 0.25) is 0 Å². The Bertz CT molecular complexity index is 476. The standard InChI is InChI=1S/C14H22N4O2/c1-18-12(15-14(16-18)10-7-8-10)9-13(19)17-20-11-5-3-2-4-6-11/h10-11H,2-9H2,1H3,(H,17,19). The van der Waals surface area contributed by atoms with Crippen LogP contribution in [0.3, 0.4) is 0 Å². The van der Waals surface area contributed by atoms with E-state index >= 15 is 0 Å². The molecule has 0 saturated heterocycles. The lowest BCUT2D eigenvalue weighted by Crippen LogP contribution is -2.32. The second-order valence-corrected chi connectivity index (χ2v) is 5.86. The van der Waals surface area contributed by atoms with Crippen LogP contribution in [0.1, 0.15) is 62.5 Å². The minimum Gasteiger partial charge on any atom is -0.272 e. The van der Waals surface area contributed by atoms with Gasteiger partial charge in [0.25, 0.3) is 5.91 Å². The molecule has 2 saturated carbocycles. The van der Waals surface area contributed by atoms with Crippen molar-refractivity contribution in [1.29, 1.82) is 0 Å². The molecule has 6 nitrogen and oxygen atoms in total. The molecular weight excluding hydrogens is 256 g/mol. The maximum Gasteiger partial charge on any atom is 0.251 e. The fourth-order valence-electron chi connectivity index (χ4n) is 2.62. The summed E-state index contributed by atoms with van der Waals surface area (Å²) in [5, 5.41) is 4.36. The molecule has 0 aromatic carbocycles. The Kier molecular flexibility index (Phi) is 4.00. The molecule has 110 valence electrons. The van der Waals surface area contributed by atoms with Gasteiger partial charge in [-0.2, -0.15) is 5.10 Å². The first-order valence-electron chi connectivity index (χ1n) is 7.56. The fourth-order valence-corrected chi connectivity index (χ4v) is 2.62. The van der Waals surface area contributed by atoms with Crippen molar-refractivity contribution in [1.82, 2.24) is 20.2 Å². The van der Waals surface area contributed by atoms with Gasteiger partial charge in [0, 0.05) is 13.0 Å². The second kappa shape index (κ2) is 5.91. The van der Waals surface area contributed by atoms with Gasteiger partial charge in [0.05, 0.1) is 12.5 Å². The Hall–Kier alpha value is -1.43. The number of rotatable bonds is 5. The summed E-state index contributed by atoms with van der Waals surface area (Å²) >= 11 is 0. The van der Waals surface area contributed by atoms with E-state index in [-0.39, 0.29) is 18.4 Å². The van der Waals surface area contributed by atoms with Crippen LogP contribution in [0.4, 0.5) is 0 Å². The van der Waals surface area contributed by atoms with E-state index in [1.165, 1.54) is 32.1 Å². The Labute approximate surface area is 118 Å². The number of hydroxylamine groups is 1. The van der Waals surface area contributed by atoms with Crippen molar-refractivity contribution in [3.8, 4) is 0 Å². The highest BCUT2D eigenvalue weighted by Gasteiger charge is 2.28. The maximum absolute atomic E-state index is 11.9. The molecule has 0 bridgehead atoms. The molecule has 1 heterocycles. The second-order valence-electron chi connectivity index (χ2n) is 5.86. The fraction of sp³-hybridized carbons (Fsp3) is 0.786. The van der Waals surface area contributed by atoms with Crippen LogP contribution in [-0.2, 0) is 23.1 Å². The van der Waals surface area contributed by atoms with Crippen molar-refractivity contribution in [2.45, 2.75) is 63.4 Å². The summed E-state index contributed by atoms with van der Waals surface area (Å²) in [6.45, 7) is 0. The minimum absolute atomic E-state index is 0.145. The molecule has 3 rings (SSSR count). The zero-order chi connectivity index (χ0) is 13.9. The lowest BCUT2D eigenvalue weighted by atomic mass is 9.98. The quantitative estimate of drug-likeness (QED) is 0.831. The molecule has 1 N–H and O–H groups in total. The molecular formula is C14H22N4O2. The molecule has 2 fully saturated rings. The SMILES string of the molecule is Cn1nc(C2CC2)nc1CC(=O)NOC1CCCCC1. The molecule has 20 heavy (non-hydrogen) atoms. The van der Waals surface area contributed by atoms with Gasteiger partial charge in [0.1, 0.15) is 5.82 Å². The third-order valence-corrected chi connectivity index (χ3v) is 4.02. The molecule has 1 amide bonds. The maximum atomic E-state index is 11.9. The Balaban J connectivity index is 1.48. The van der Waals surface area contributed by atoms with Crippen molar-refractivity contribution in [2.24, 2.45) is 7.05 Å². The van der Waals surface area contributed by atoms with Crippen LogP contribution < -0.4 is 5.48 Å². The Morgan fingerprint density at radius 1 is 1.30 bits per heavy atom. The predicted octanol–water partition coefficient (Wildman–Crippen LogP) is 1.62. The number of amides is 1. The summed E-state index contributed by atoms with van der Waals surface area (Å²) in [5.74, 6) is 1.95. The summed E-state index contributed by atoms with van der Waals surface area (Å²) in [6.07, 6.45) is 8.46. The monoisotopic (exact) mass is 278 g/mol. The number of aryl methyl sites for hydroxylation is 1. The number of nitrogens with one attached hydrogen (secondary N) is 1. The number of carbonyl (C=O) groups excluding carboxylic acids is 1. The zero-order valence-corrected chi connectivity index (χ0v) is 12.0. The van der Waals surface area contributed by atoms with Crippen LogP contribution in [0, 0.1) is 0 Å². The summed E-state index contributed by atoms with van der Waals surface area (Å²) in [4.78, 5) is 21.8. The van der Waals surface area contributed by atoms with Gasteiger partial charge in [0.15, 0.2) is 5.82 Å². The first-order chi connectivity index (χ1) is 9.72. The highest BCUT2D eigenvalue weighted by molar-refractivity contribution is 5.76. The molecule has 0 unspecified atom stereocenters. The Morgan fingerprint density at radius 2 is 2.05 bits per heavy atom. The predicted molar refractivity (Wildman–Crippen MR) is 72.8 cm³/mol. The lowest BCUT2D eigenvalue weighted by molar-refractivity contribution is -0.139. The van der Waals surface area contributed by atoms with Crippen LogP contribution in [0.15, 0.2) is 0 Å². The van der Waals surface area contributed by atoms with Crippen LogP contribution in [-0.4, -0.2) is 26.8 Å². The van der Waals surface area contributed by atoms with E-state index in [4.69, 9.17) is 4.84 Å². The zero-order valence-electron chi connectivity index (χ0n) is 12.0. The van der Waals surface area contributed by atoms with Crippen LogP contribution in [0.2, 0.25) is 0 Å². The van der Waals surface area contributed by atoms with Crippen LogP contribution in [0.5, 0.6) is 0 Å². The van der Waals surface area contributed by atoms with E-state index in [1.54, 1.807) is 4.68 Å². The van der Waals surface area contributed by atoms with Crippen molar-refractivity contribution in [2.75, 3.05) is 0 Å². The molecule has 2 aliphatic carbocycles. The molecule has 0 radical (unpaired) electrons. The van der Waals surface area contributed by atoms with E-state index in [9.17, 15) is 4.79 Å². The highest BCUT2D eigenvalue weighted by atomic mass is 16.7. The van der Waals surface area contributed by atoms with E-state index in [0.29, 0.717) is 11.7 Å². The molecule has 2 aliphatic rings. The van der Waals surface area contributed by atoms with Crippen LogP contribution in [0.25, 0.3) is 0 Å². The smallest absolute Gasteiger partial charge is 0.251 e. The average molecular weight is 278 g/mol. The molecule has 0 atom stereocenters. The number of aromatic nitrogens is 3. The van der Waals surface area contributed by atoms with E-state index in [1.807, 2.05) is 7.05 Å². The van der Waals surface area contributed by atoms with Crippen molar-refractivity contribution < 1.29 is 9.63 Å². The van der Waals surface area contributed by atoms with Crippen LogP contribution >= 0.6 is 0 Å². The van der Waals surface area contributed by atoms with Crippen molar-refractivity contribution in [3.05, 3.63) is 11.6 Å². The van der Waals surface area contributed by atoms with Crippen molar-refractivity contribution >= 4 is 5.91 Å². The molecule has 1 aromatic heterocycles. The Morgan fingerprint density at radius 3 is 2.75 bits per heavy atom. The molecule has 0 aliphatic heterocycles. The van der Waals surface area contributed by atoms with E-state index in [2.05, 4.69) is 15.6 Å². The van der Waals surface area contributed by atoms with Crippen molar-refractivity contribution in [3.63, 3.8) is 0 Å². The minimum atomic E-state index is -0.145. The number of carbonyl (C=O) groups is 1. The van der Waals surface area contributed by atoms with Gasteiger partial charge in [-0.05, 0) is 25.7 Å². The van der Waals surface area contributed by atoms with Gasteiger partial charge in [-0.1, -0.05) is 19.3 Å². The molecule has 1 aromatic rings. The average Bonchev–Trinajstić information content (AvgIpc) is 3.24. The normalized spacial score (nSPS) is 20.1. The first-order valence-corrected chi connectivity index (χ1v) is 7.56. The summed E-state index contributed by atoms with van der Waals surface area (Å²) in [5.41, 5.74) is 2.56. The van der Waals surface area contributed by atoms with E-state index < -0.39 is 0 Å². The summed E-state index contributed by atoms with van der Waals surface area (Å²) in [7, 11) is 1.84. The molecule has 6 heteroatoms. The first kappa shape index (κ1) is 13.5. The number of hydrogen-bond acceptors (Lipinski definition) is 4. The summed E-state index contributed by atoms with van der Waals surface area (Å²) in [6, 6.07) is 0. The lowest BCUT2D eigenvalue weighted by Gasteiger charge is -2.21. The third kappa shape index (κ3) is 3.36. The van der Waals surface area contributed by atoms with E-state index in [0.717, 1.165) is 18.7 Å². The van der Waals surface area contributed by atoms with Gasteiger partial charge >= 0.3 is 0 Å².